The molecule has 1 heterocycles. The van der Waals surface area contributed by atoms with E-state index in [9.17, 15) is 30.6 Å². The molecule has 0 aromatic heterocycles. The molecule has 1 saturated heterocycles. The summed E-state index contributed by atoms with van der Waals surface area (Å²) in [6, 6.07) is 5.72. The van der Waals surface area contributed by atoms with Gasteiger partial charge >= 0.3 is 0 Å². The monoisotopic (exact) mass is 584 g/mol. The molecule has 0 saturated carbocycles. The topological polar surface area (TPSA) is 206 Å². The van der Waals surface area contributed by atoms with Gasteiger partial charge in [0.1, 0.15) is 30.5 Å². The van der Waals surface area contributed by atoms with Crippen molar-refractivity contribution in [3.63, 3.8) is 0 Å². The first-order chi connectivity index (χ1) is 19.6. The number of aromatic hydroxyl groups is 1. The van der Waals surface area contributed by atoms with E-state index < -0.39 is 49.7 Å². The summed E-state index contributed by atoms with van der Waals surface area (Å²) in [6.45, 7) is -0.917. The molecule has 0 spiro atoms. The van der Waals surface area contributed by atoms with Gasteiger partial charge in [0.15, 0.2) is 29.3 Å². The largest absolute Gasteiger partial charge is 0.502 e. The van der Waals surface area contributed by atoms with E-state index in [0.29, 0.717) is 5.56 Å². The van der Waals surface area contributed by atoms with Gasteiger partial charge in [0, 0.05) is 0 Å². The van der Waals surface area contributed by atoms with E-state index in [1.165, 1.54) is 46.6 Å². The second kappa shape index (κ2) is 14.5. The van der Waals surface area contributed by atoms with Crippen LogP contribution in [-0.4, -0.2) is 114 Å². The van der Waals surface area contributed by atoms with Crippen LogP contribution in [0.25, 0.3) is 6.08 Å². The molecule has 2 aromatic carbocycles. The summed E-state index contributed by atoms with van der Waals surface area (Å²) in [5, 5.41) is 71.5. The second-order valence-electron chi connectivity index (χ2n) is 8.88. The molecule has 7 N–H and O–H groups in total. The van der Waals surface area contributed by atoms with Crippen LogP contribution in [0.5, 0.6) is 34.5 Å². The zero-order valence-electron chi connectivity index (χ0n) is 22.9. The number of hydrogen-bond donors (Lipinski definition) is 7. The summed E-state index contributed by atoms with van der Waals surface area (Å²) in [6.07, 6.45) is -8.56. The number of aliphatic hydroxyl groups excluding tert-OH is 6. The zero-order chi connectivity index (χ0) is 30.3. The zero-order valence-corrected chi connectivity index (χ0v) is 22.9. The van der Waals surface area contributed by atoms with Crippen molar-refractivity contribution >= 4 is 6.08 Å². The molecule has 14 nitrogen and oxygen atoms in total. The first kappa shape index (κ1) is 32.2. The van der Waals surface area contributed by atoms with Gasteiger partial charge in [0.2, 0.25) is 17.8 Å². The van der Waals surface area contributed by atoms with Crippen LogP contribution < -0.4 is 23.7 Å². The predicted molar refractivity (Wildman–Crippen MR) is 141 cm³/mol. The van der Waals surface area contributed by atoms with Gasteiger partial charge in [-0.05, 0) is 35.4 Å². The van der Waals surface area contributed by atoms with Gasteiger partial charge in [-0.2, -0.15) is 0 Å². The van der Waals surface area contributed by atoms with Gasteiger partial charge in [0.25, 0.3) is 0 Å². The van der Waals surface area contributed by atoms with Gasteiger partial charge in [-0.15, -0.1) is 0 Å². The lowest BCUT2D eigenvalue weighted by Gasteiger charge is -2.41. The number of methoxy groups -OCH3 is 4. The normalized spacial score (nSPS) is 24.1. The molecule has 0 radical (unpaired) electrons. The molecule has 2 aromatic rings. The van der Waals surface area contributed by atoms with E-state index in [1.807, 2.05) is 0 Å². The van der Waals surface area contributed by atoms with E-state index in [0.717, 1.165) is 0 Å². The third kappa shape index (κ3) is 7.12. The van der Waals surface area contributed by atoms with Crippen LogP contribution in [0.4, 0.5) is 0 Å². The van der Waals surface area contributed by atoms with Crippen molar-refractivity contribution < 1.29 is 68.9 Å². The van der Waals surface area contributed by atoms with Gasteiger partial charge in [0.05, 0.1) is 41.7 Å². The maximum atomic E-state index is 11.5. The molecule has 7 atom stereocenters. The van der Waals surface area contributed by atoms with Crippen LogP contribution in [0.2, 0.25) is 0 Å². The Hall–Kier alpha value is -3.34. The van der Waals surface area contributed by atoms with Gasteiger partial charge < -0.3 is 68.9 Å². The van der Waals surface area contributed by atoms with Crippen molar-refractivity contribution in [3.8, 4) is 34.5 Å². The lowest BCUT2D eigenvalue weighted by atomic mass is 9.99. The standard InChI is InChI=1S/C27H36O14/c1-35-15-10-14(11-16(36-2)21(15)31)20(30)26(41-27-24(34)23(33)22(32)19(12-29)39-27)40-25-17(37-3)8-13(6-5-7-28)9-18(25)38-4/h5-6,8-11,19-20,22-24,26-34H,7,12H2,1-4H3/b6-5-/t19-,20?,22-,23+,24-,26?,27+/m1/s1. The Bertz CT molecular complexity index is 1120. The fourth-order valence-electron chi connectivity index (χ4n) is 4.14. The van der Waals surface area contributed by atoms with E-state index in [-0.39, 0.29) is 46.7 Å². The molecule has 1 aliphatic heterocycles. The molecule has 41 heavy (non-hydrogen) atoms. The van der Waals surface area contributed by atoms with Crippen molar-refractivity contribution in [1.82, 2.24) is 0 Å². The molecule has 228 valence electrons. The van der Waals surface area contributed by atoms with Gasteiger partial charge in [-0.25, -0.2) is 0 Å². The van der Waals surface area contributed by atoms with Crippen molar-refractivity contribution in [2.75, 3.05) is 41.7 Å². The Balaban J connectivity index is 2.09. The Morgan fingerprint density at radius 3 is 1.88 bits per heavy atom. The van der Waals surface area contributed by atoms with Crippen molar-refractivity contribution in [3.05, 3.63) is 41.5 Å². The average molecular weight is 585 g/mol. The molecule has 1 aliphatic rings. The molecule has 2 unspecified atom stereocenters. The van der Waals surface area contributed by atoms with Gasteiger partial charge in [-0.1, -0.05) is 12.2 Å². The maximum absolute atomic E-state index is 11.5. The number of ether oxygens (including phenoxy) is 7. The summed E-state index contributed by atoms with van der Waals surface area (Å²) >= 11 is 0. The number of phenolic OH excluding ortho intramolecular Hbond substituents is 1. The SMILES string of the molecule is COc1cc(C(O)C(Oc2c(OC)cc(/C=C\CO)cc2OC)O[C@@H]2O[C@H](CO)[C@@H](O)[C@H](O)[C@H]2O)cc(OC)c1O. The quantitative estimate of drug-likeness (QED) is 0.151. The van der Waals surface area contributed by atoms with Crippen LogP contribution in [-0.2, 0) is 9.47 Å². The summed E-state index contributed by atoms with van der Waals surface area (Å²) in [5.74, 6) is -0.175. The summed E-state index contributed by atoms with van der Waals surface area (Å²) in [4.78, 5) is 0. The van der Waals surface area contributed by atoms with Crippen LogP contribution in [0.3, 0.4) is 0 Å². The minimum atomic E-state index is -1.82. The minimum Gasteiger partial charge on any atom is -0.502 e. The highest BCUT2D eigenvalue weighted by molar-refractivity contribution is 5.62. The summed E-state index contributed by atoms with van der Waals surface area (Å²) in [7, 11) is 5.32. The smallest absolute Gasteiger partial charge is 0.233 e. The molecule has 1 fully saturated rings. The number of rotatable bonds is 13. The Morgan fingerprint density at radius 1 is 0.829 bits per heavy atom. The number of hydrogen-bond acceptors (Lipinski definition) is 14. The maximum Gasteiger partial charge on any atom is 0.233 e. The Labute approximate surface area is 236 Å². The minimum absolute atomic E-state index is 0.0394. The van der Waals surface area contributed by atoms with Gasteiger partial charge in [-0.3, -0.25) is 0 Å². The summed E-state index contributed by atoms with van der Waals surface area (Å²) < 4.78 is 38.6. The van der Waals surface area contributed by atoms with E-state index in [1.54, 1.807) is 18.2 Å². The molecule has 3 rings (SSSR count). The number of benzene rings is 2. The van der Waals surface area contributed by atoms with Crippen molar-refractivity contribution in [2.45, 2.75) is 43.1 Å². The fraction of sp³-hybridized carbons (Fsp3) is 0.481. The second-order valence-corrected chi connectivity index (χ2v) is 8.88. The molecule has 14 heteroatoms. The molecular formula is C27H36O14. The van der Waals surface area contributed by atoms with Crippen molar-refractivity contribution in [1.29, 1.82) is 0 Å². The van der Waals surface area contributed by atoms with Crippen LogP contribution >= 0.6 is 0 Å². The lowest BCUT2D eigenvalue weighted by molar-refractivity contribution is -0.337. The first-order valence-electron chi connectivity index (χ1n) is 12.4. The molecule has 0 amide bonds. The van der Waals surface area contributed by atoms with E-state index in [4.69, 9.17) is 38.3 Å². The number of phenols is 1. The van der Waals surface area contributed by atoms with E-state index >= 15 is 0 Å². The highest BCUT2D eigenvalue weighted by Gasteiger charge is 2.46. The highest BCUT2D eigenvalue weighted by Crippen LogP contribution is 2.43. The summed E-state index contributed by atoms with van der Waals surface area (Å²) in [5.41, 5.74) is 0.659. The fourth-order valence-corrected chi connectivity index (χ4v) is 4.14. The number of aliphatic hydroxyl groups is 6. The first-order valence-corrected chi connectivity index (χ1v) is 12.4. The molecule has 0 bridgehead atoms. The third-order valence-electron chi connectivity index (χ3n) is 6.35. The molecule has 0 aliphatic carbocycles. The third-order valence-corrected chi connectivity index (χ3v) is 6.35. The van der Waals surface area contributed by atoms with Crippen LogP contribution in [0.1, 0.15) is 17.2 Å². The predicted octanol–water partition coefficient (Wildman–Crippen LogP) is -0.313. The molecular weight excluding hydrogens is 548 g/mol. The lowest BCUT2D eigenvalue weighted by Crippen LogP contribution is -2.60. The van der Waals surface area contributed by atoms with E-state index in [2.05, 4.69) is 0 Å². The van der Waals surface area contributed by atoms with Crippen molar-refractivity contribution in [2.24, 2.45) is 0 Å². The Morgan fingerprint density at radius 2 is 1.39 bits per heavy atom. The highest BCUT2D eigenvalue weighted by atomic mass is 16.8. The average Bonchev–Trinajstić information content (AvgIpc) is 2.99. The Kier molecular flexibility index (Phi) is 11.4. The van der Waals surface area contributed by atoms with Crippen LogP contribution in [0, 0.1) is 0 Å². The van der Waals surface area contributed by atoms with Crippen LogP contribution in [0.15, 0.2) is 30.3 Å².